The SMILES string of the molecule is CCCCCCc1ccc(C#Cc2ccc(C#Cc3ccc(CCC)cc3C)cc2)cc1. The summed E-state index contributed by atoms with van der Waals surface area (Å²) < 4.78 is 0. The van der Waals surface area contributed by atoms with Gasteiger partial charge >= 0.3 is 0 Å². The second-order valence-corrected chi connectivity index (χ2v) is 8.48. The molecule has 0 nitrogen and oxygen atoms in total. The zero-order valence-electron chi connectivity index (χ0n) is 19.8. The van der Waals surface area contributed by atoms with Gasteiger partial charge in [0.1, 0.15) is 0 Å². The Labute approximate surface area is 195 Å². The van der Waals surface area contributed by atoms with Crippen LogP contribution in [0.2, 0.25) is 0 Å². The molecule has 0 aliphatic rings. The fourth-order valence-electron chi connectivity index (χ4n) is 3.74. The van der Waals surface area contributed by atoms with Gasteiger partial charge in [-0.3, -0.25) is 0 Å². The number of hydrogen-bond acceptors (Lipinski definition) is 0. The summed E-state index contributed by atoms with van der Waals surface area (Å²) in [6.45, 7) is 6.60. The highest BCUT2D eigenvalue weighted by atomic mass is 14.0. The number of rotatable bonds is 7. The lowest BCUT2D eigenvalue weighted by Gasteiger charge is -2.02. The number of unbranched alkanes of at least 4 members (excludes halogenated alkanes) is 3. The van der Waals surface area contributed by atoms with Gasteiger partial charge in [0.05, 0.1) is 0 Å². The minimum atomic E-state index is 1.01. The van der Waals surface area contributed by atoms with Crippen LogP contribution in [0.3, 0.4) is 0 Å². The smallest absolute Gasteiger partial charge is 0.0278 e. The lowest BCUT2D eigenvalue weighted by Crippen LogP contribution is -1.88. The van der Waals surface area contributed by atoms with E-state index in [0.717, 1.165) is 28.7 Å². The van der Waals surface area contributed by atoms with Gasteiger partial charge in [-0.25, -0.2) is 0 Å². The van der Waals surface area contributed by atoms with Crippen molar-refractivity contribution in [3.63, 3.8) is 0 Å². The first-order valence-corrected chi connectivity index (χ1v) is 12.0. The molecule has 0 unspecified atom stereocenters. The molecule has 162 valence electrons. The molecule has 0 aliphatic heterocycles. The van der Waals surface area contributed by atoms with Gasteiger partial charge in [-0.1, -0.05) is 87.5 Å². The highest BCUT2D eigenvalue weighted by Crippen LogP contribution is 2.13. The van der Waals surface area contributed by atoms with E-state index in [1.165, 1.54) is 55.2 Å². The molecule has 0 radical (unpaired) electrons. The first-order chi connectivity index (χ1) is 15.7. The van der Waals surface area contributed by atoms with Gasteiger partial charge in [0.15, 0.2) is 0 Å². The summed E-state index contributed by atoms with van der Waals surface area (Å²) in [5.74, 6) is 13.2. The Hall–Kier alpha value is -3.22. The molecule has 0 N–H and O–H groups in total. The third-order valence-corrected chi connectivity index (χ3v) is 5.68. The average molecular weight is 419 g/mol. The first-order valence-electron chi connectivity index (χ1n) is 12.0. The van der Waals surface area contributed by atoms with Gasteiger partial charge in [0, 0.05) is 22.3 Å². The maximum atomic E-state index is 3.32. The Bertz CT molecular complexity index is 1110. The molecule has 0 saturated carbocycles. The Morgan fingerprint density at radius 1 is 0.531 bits per heavy atom. The van der Waals surface area contributed by atoms with E-state index in [1.54, 1.807) is 0 Å². The lowest BCUT2D eigenvalue weighted by atomic mass is 10.0. The van der Waals surface area contributed by atoms with Crippen LogP contribution in [0.5, 0.6) is 0 Å². The molecule has 32 heavy (non-hydrogen) atoms. The van der Waals surface area contributed by atoms with Gasteiger partial charge in [-0.05, 0) is 85.3 Å². The Morgan fingerprint density at radius 2 is 1.09 bits per heavy atom. The molecule has 0 saturated heterocycles. The van der Waals surface area contributed by atoms with Gasteiger partial charge in [-0.2, -0.15) is 0 Å². The third kappa shape index (κ3) is 7.48. The van der Waals surface area contributed by atoms with Crippen molar-refractivity contribution in [1.82, 2.24) is 0 Å². The zero-order chi connectivity index (χ0) is 22.6. The summed E-state index contributed by atoms with van der Waals surface area (Å²) >= 11 is 0. The predicted molar refractivity (Wildman–Crippen MR) is 138 cm³/mol. The van der Waals surface area contributed by atoms with E-state index < -0.39 is 0 Å². The van der Waals surface area contributed by atoms with Crippen molar-refractivity contribution >= 4 is 0 Å². The largest absolute Gasteiger partial charge is 0.0654 e. The van der Waals surface area contributed by atoms with Crippen LogP contribution in [0.4, 0.5) is 0 Å². The second-order valence-electron chi connectivity index (χ2n) is 8.48. The molecule has 0 bridgehead atoms. The van der Waals surface area contributed by atoms with Crippen LogP contribution in [0.15, 0.2) is 66.7 Å². The molecular formula is C32H34. The summed E-state index contributed by atoms with van der Waals surface area (Å²) in [7, 11) is 0. The number of hydrogen-bond donors (Lipinski definition) is 0. The van der Waals surface area contributed by atoms with Crippen molar-refractivity contribution in [2.45, 2.75) is 65.7 Å². The molecule has 0 atom stereocenters. The quantitative estimate of drug-likeness (QED) is 0.270. The van der Waals surface area contributed by atoms with Crippen LogP contribution in [0.25, 0.3) is 0 Å². The van der Waals surface area contributed by atoms with E-state index in [4.69, 9.17) is 0 Å². The fourth-order valence-corrected chi connectivity index (χ4v) is 3.74. The summed E-state index contributed by atoms with van der Waals surface area (Å²) in [4.78, 5) is 0. The first kappa shape index (κ1) is 23.4. The van der Waals surface area contributed by atoms with Crippen molar-refractivity contribution in [3.8, 4) is 23.7 Å². The van der Waals surface area contributed by atoms with E-state index in [1.807, 2.05) is 0 Å². The van der Waals surface area contributed by atoms with Gasteiger partial charge in [0.25, 0.3) is 0 Å². The normalized spacial score (nSPS) is 10.1. The van der Waals surface area contributed by atoms with E-state index in [9.17, 15) is 0 Å². The van der Waals surface area contributed by atoms with Crippen LogP contribution in [-0.4, -0.2) is 0 Å². The van der Waals surface area contributed by atoms with Crippen LogP contribution >= 0.6 is 0 Å². The topological polar surface area (TPSA) is 0 Å². The maximum Gasteiger partial charge on any atom is 0.0278 e. The summed E-state index contributed by atoms with van der Waals surface area (Å²) in [5, 5.41) is 0. The van der Waals surface area contributed by atoms with Gasteiger partial charge in [0.2, 0.25) is 0 Å². The van der Waals surface area contributed by atoms with Crippen LogP contribution in [0, 0.1) is 30.6 Å². The average Bonchev–Trinajstić information content (AvgIpc) is 2.82. The van der Waals surface area contributed by atoms with E-state index in [-0.39, 0.29) is 0 Å². The Kier molecular flexibility index (Phi) is 9.22. The van der Waals surface area contributed by atoms with Crippen molar-refractivity contribution in [3.05, 3.63) is 106 Å². The molecule has 0 heteroatoms. The lowest BCUT2D eigenvalue weighted by molar-refractivity contribution is 0.667. The third-order valence-electron chi connectivity index (χ3n) is 5.68. The van der Waals surface area contributed by atoms with E-state index in [2.05, 4.69) is 111 Å². The molecule has 0 spiro atoms. The zero-order valence-corrected chi connectivity index (χ0v) is 19.8. The minimum absolute atomic E-state index is 1.01. The highest BCUT2D eigenvalue weighted by molar-refractivity contribution is 5.50. The summed E-state index contributed by atoms with van der Waals surface area (Å²) in [6.07, 6.45) is 8.68. The standard InChI is InChI=1S/C32H34/c1-4-6-7-8-10-27-11-13-28(14-12-27)15-16-29-17-19-30(20-18-29)21-23-32-24-22-31(9-5-2)25-26(32)3/h11-14,17-20,22,24-25H,4-10H2,1-3H3. The van der Waals surface area contributed by atoms with Crippen LogP contribution in [0.1, 0.15) is 84.9 Å². The summed E-state index contributed by atoms with van der Waals surface area (Å²) in [6, 6.07) is 23.5. The van der Waals surface area contributed by atoms with Crippen molar-refractivity contribution in [1.29, 1.82) is 0 Å². The van der Waals surface area contributed by atoms with Gasteiger partial charge < -0.3 is 0 Å². The van der Waals surface area contributed by atoms with E-state index >= 15 is 0 Å². The Balaban J connectivity index is 1.59. The summed E-state index contributed by atoms with van der Waals surface area (Å²) in [5.41, 5.74) is 8.23. The molecular weight excluding hydrogens is 384 g/mol. The fraction of sp³-hybridized carbons (Fsp3) is 0.312. The van der Waals surface area contributed by atoms with E-state index in [0.29, 0.717) is 0 Å². The number of benzene rings is 3. The molecule has 0 aliphatic carbocycles. The molecule has 0 heterocycles. The van der Waals surface area contributed by atoms with Crippen LogP contribution in [-0.2, 0) is 12.8 Å². The van der Waals surface area contributed by atoms with Crippen LogP contribution < -0.4 is 0 Å². The van der Waals surface area contributed by atoms with Gasteiger partial charge in [-0.15, -0.1) is 0 Å². The van der Waals surface area contributed by atoms with Crippen molar-refractivity contribution < 1.29 is 0 Å². The molecule has 3 aromatic carbocycles. The minimum Gasteiger partial charge on any atom is -0.0654 e. The molecule has 0 aromatic heterocycles. The molecule has 3 aromatic rings. The maximum absolute atomic E-state index is 3.32. The van der Waals surface area contributed by atoms with Crippen molar-refractivity contribution in [2.75, 3.05) is 0 Å². The highest BCUT2D eigenvalue weighted by Gasteiger charge is 1.98. The Morgan fingerprint density at radius 3 is 1.66 bits per heavy atom. The predicted octanol–water partition coefficient (Wildman–Crippen LogP) is 7.87. The molecule has 3 rings (SSSR count). The monoisotopic (exact) mass is 418 g/mol. The number of aryl methyl sites for hydroxylation is 3. The molecule has 0 fully saturated rings. The molecule has 0 amide bonds. The second kappa shape index (κ2) is 12.6. The van der Waals surface area contributed by atoms with Crippen molar-refractivity contribution in [2.24, 2.45) is 0 Å².